The van der Waals surface area contributed by atoms with Crippen LogP contribution in [0.1, 0.15) is 25.5 Å². The minimum atomic E-state index is -1.02. The number of esters is 1. The summed E-state index contributed by atoms with van der Waals surface area (Å²) >= 11 is 11.6. The Hall–Kier alpha value is -2.22. The van der Waals surface area contributed by atoms with Gasteiger partial charge in [-0.05, 0) is 42.0 Å². The Morgan fingerprint density at radius 3 is 2.46 bits per heavy atom. The molecule has 0 aliphatic heterocycles. The van der Waals surface area contributed by atoms with Crippen LogP contribution in [0, 0.1) is 35.0 Å². The van der Waals surface area contributed by atoms with Gasteiger partial charge in [-0.1, -0.05) is 44.2 Å². The van der Waals surface area contributed by atoms with Crippen molar-refractivity contribution >= 4 is 29.2 Å². The van der Waals surface area contributed by atoms with E-state index in [1.54, 1.807) is 30.7 Å². The minimum Gasteiger partial charge on any atom is -0.457 e. The van der Waals surface area contributed by atoms with E-state index in [-0.39, 0.29) is 17.3 Å². The first-order valence-electron chi connectivity index (χ1n) is 8.89. The van der Waals surface area contributed by atoms with Crippen molar-refractivity contribution in [1.82, 2.24) is 0 Å². The van der Waals surface area contributed by atoms with Gasteiger partial charge in [-0.25, -0.2) is 0 Å². The number of rotatable bonds is 7. The molecule has 0 heterocycles. The molecule has 145 valence electrons. The zero-order valence-electron chi connectivity index (χ0n) is 15.5. The van der Waals surface area contributed by atoms with E-state index in [0.717, 1.165) is 0 Å². The van der Waals surface area contributed by atoms with Crippen molar-refractivity contribution in [2.75, 3.05) is 0 Å². The quantitative estimate of drug-likeness (QED) is 0.418. The van der Waals surface area contributed by atoms with E-state index < -0.39 is 16.9 Å². The second kappa shape index (κ2) is 8.43. The van der Waals surface area contributed by atoms with Gasteiger partial charge in [0.2, 0.25) is 6.10 Å². The van der Waals surface area contributed by atoms with Crippen LogP contribution in [0.15, 0.2) is 54.6 Å². The van der Waals surface area contributed by atoms with Crippen LogP contribution in [0.5, 0.6) is 11.5 Å². The lowest BCUT2D eigenvalue weighted by Crippen LogP contribution is -2.14. The van der Waals surface area contributed by atoms with Gasteiger partial charge < -0.3 is 9.47 Å². The number of nitriles is 1. The van der Waals surface area contributed by atoms with Crippen LogP contribution < -0.4 is 4.74 Å². The van der Waals surface area contributed by atoms with E-state index in [9.17, 15) is 10.1 Å². The maximum Gasteiger partial charge on any atom is 0.311 e. The molecule has 0 bridgehead atoms. The van der Waals surface area contributed by atoms with Gasteiger partial charge in [-0.15, -0.1) is 23.2 Å². The SMILES string of the molecule is CC1(C)[C@H](C(=O)O[C@H](C#N)c2cccc(Oc3ccccc3)c2)[C@@H]1[CH]C(Cl)Cl. The number of hydrogen-bond acceptors (Lipinski definition) is 4. The molecule has 0 amide bonds. The van der Waals surface area contributed by atoms with E-state index in [0.29, 0.717) is 17.1 Å². The number of carbonyl (C=O) groups excluding carboxylic acids is 1. The van der Waals surface area contributed by atoms with Gasteiger partial charge in [0.25, 0.3) is 0 Å². The van der Waals surface area contributed by atoms with Crippen LogP contribution >= 0.6 is 23.2 Å². The number of carbonyl (C=O) groups is 1. The molecule has 6 heteroatoms. The third-order valence-electron chi connectivity index (χ3n) is 5.01. The van der Waals surface area contributed by atoms with E-state index in [1.165, 1.54) is 0 Å². The van der Waals surface area contributed by atoms with E-state index in [2.05, 4.69) is 0 Å². The molecule has 1 fully saturated rings. The molecule has 0 saturated heterocycles. The summed E-state index contributed by atoms with van der Waals surface area (Å²) in [6.07, 6.45) is 0.705. The standard InChI is InChI=1S/C22H20Cl2NO3/c1-22(2)17(12-19(23)24)20(22)21(26)28-18(13-25)14-7-6-10-16(11-14)27-15-8-4-3-5-9-15/h3-12,17-20H,1-2H3/t17-,18+,20-/m0/s1. The first-order valence-corrected chi connectivity index (χ1v) is 9.76. The van der Waals surface area contributed by atoms with Gasteiger partial charge in [-0.3, -0.25) is 4.79 Å². The number of alkyl halides is 2. The number of hydrogen-bond donors (Lipinski definition) is 0. The largest absolute Gasteiger partial charge is 0.457 e. The number of halogens is 2. The lowest BCUT2D eigenvalue weighted by Gasteiger charge is -2.13. The van der Waals surface area contributed by atoms with Crippen molar-refractivity contribution in [3.8, 4) is 17.6 Å². The molecule has 2 aromatic carbocycles. The highest BCUT2D eigenvalue weighted by molar-refractivity contribution is 6.45. The fraction of sp³-hybridized carbons (Fsp3) is 0.318. The summed E-state index contributed by atoms with van der Waals surface area (Å²) in [6, 6.07) is 18.3. The molecular formula is C22H20Cl2NO3. The zero-order chi connectivity index (χ0) is 20.3. The van der Waals surface area contributed by atoms with E-state index in [4.69, 9.17) is 32.7 Å². The molecule has 4 nitrogen and oxygen atoms in total. The van der Waals surface area contributed by atoms with Crippen molar-refractivity contribution in [1.29, 1.82) is 5.26 Å². The predicted molar refractivity (Wildman–Crippen MR) is 108 cm³/mol. The highest BCUT2D eigenvalue weighted by Gasteiger charge is 2.63. The fourth-order valence-electron chi connectivity index (χ4n) is 3.37. The van der Waals surface area contributed by atoms with E-state index >= 15 is 0 Å². The van der Waals surface area contributed by atoms with Gasteiger partial charge in [-0.2, -0.15) is 5.26 Å². The Bertz CT molecular complexity index is 877. The number of ether oxygens (including phenoxy) is 2. The van der Waals surface area contributed by atoms with Crippen LogP contribution in [-0.4, -0.2) is 10.8 Å². The predicted octanol–water partition coefficient (Wildman–Crippen LogP) is 5.87. The molecule has 1 saturated carbocycles. The Labute approximate surface area is 175 Å². The Morgan fingerprint density at radius 1 is 1.14 bits per heavy atom. The molecule has 0 spiro atoms. The Kier molecular flexibility index (Phi) is 6.17. The van der Waals surface area contributed by atoms with Crippen molar-refractivity contribution in [2.24, 2.45) is 17.3 Å². The molecule has 0 N–H and O–H groups in total. The summed E-state index contributed by atoms with van der Waals surface area (Å²) in [5.74, 6) is 0.366. The van der Waals surface area contributed by atoms with Crippen LogP contribution in [0.3, 0.4) is 0 Å². The lowest BCUT2D eigenvalue weighted by atomic mass is 10.1. The van der Waals surface area contributed by atoms with Crippen molar-refractivity contribution < 1.29 is 14.3 Å². The van der Waals surface area contributed by atoms with Crippen LogP contribution in [0.25, 0.3) is 0 Å². The van der Waals surface area contributed by atoms with Crippen molar-refractivity contribution in [2.45, 2.75) is 24.8 Å². The summed E-state index contributed by atoms with van der Waals surface area (Å²) in [4.78, 5) is 12.0. The summed E-state index contributed by atoms with van der Waals surface area (Å²) < 4.78 is 11.3. The van der Waals surface area contributed by atoms with Crippen LogP contribution in [0.4, 0.5) is 0 Å². The number of benzene rings is 2. The minimum absolute atomic E-state index is 0.0768. The van der Waals surface area contributed by atoms with Crippen LogP contribution in [0.2, 0.25) is 0 Å². The topological polar surface area (TPSA) is 59.3 Å². The highest BCUT2D eigenvalue weighted by Crippen LogP contribution is 2.61. The smallest absolute Gasteiger partial charge is 0.311 e. The molecule has 28 heavy (non-hydrogen) atoms. The molecule has 1 radical (unpaired) electrons. The normalized spacial score (nSPS) is 20.9. The second-order valence-electron chi connectivity index (χ2n) is 7.29. The monoisotopic (exact) mass is 416 g/mol. The third-order valence-corrected chi connectivity index (χ3v) is 5.30. The Morgan fingerprint density at radius 2 is 1.82 bits per heavy atom. The zero-order valence-corrected chi connectivity index (χ0v) is 17.0. The summed E-state index contributed by atoms with van der Waals surface area (Å²) in [7, 11) is 0. The summed E-state index contributed by atoms with van der Waals surface area (Å²) in [6.45, 7) is 3.90. The lowest BCUT2D eigenvalue weighted by molar-refractivity contribution is -0.149. The second-order valence-corrected chi connectivity index (χ2v) is 8.45. The molecule has 0 aromatic heterocycles. The number of nitrogens with zero attached hydrogens (tertiary/aromatic N) is 1. The maximum atomic E-state index is 12.6. The van der Waals surface area contributed by atoms with Crippen molar-refractivity contribution in [3.63, 3.8) is 0 Å². The molecule has 0 unspecified atom stereocenters. The summed E-state index contributed by atoms with van der Waals surface area (Å²) in [5.41, 5.74) is 0.257. The average molecular weight is 417 g/mol. The molecule has 3 rings (SSSR count). The third kappa shape index (κ3) is 4.60. The van der Waals surface area contributed by atoms with E-state index in [1.807, 2.05) is 50.2 Å². The molecule has 1 aliphatic rings. The highest BCUT2D eigenvalue weighted by atomic mass is 35.5. The first-order chi connectivity index (χ1) is 13.3. The van der Waals surface area contributed by atoms with Crippen LogP contribution in [-0.2, 0) is 9.53 Å². The van der Waals surface area contributed by atoms with Gasteiger partial charge in [0.15, 0.2) is 0 Å². The molecular weight excluding hydrogens is 397 g/mol. The Balaban J connectivity index is 1.70. The average Bonchev–Trinajstić information content (AvgIpc) is 3.20. The van der Waals surface area contributed by atoms with Crippen molar-refractivity contribution in [3.05, 3.63) is 66.6 Å². The number of para-hydroxylation sites is 1. The van der Waals surface area contributed by atoms with Gasteiger partial charge >= 0.3 is 5.97 Å². The fourth-order valence-corrected chi connectivity index (χ4v) is 3.68. The molecule has 2 aromatic rings. The van der Waals surface area contributed by atoms with Gasteiger partial charge in [0.1, 0.15) is 22.4 Å². The van der Waals surface area contributed by atoms with Gasteiger partial charge in [0.05, 0.1) is 5.92 Å². The van der Waals surface area contributed by atoms with Gasteiger partial charge in [0, 0.05) is 5.56 Å². The maximum absolute atomic E-state index is 12.6. The summed E-state index contributed by atoms with van der Waals surface area (Å²) in [5, 5.41) is 9.53. The molecule has 3 atom stereocenters. The molecule has 1 aliphatic carbocycles. The first kappa shape index (κ1) is 20.5.